The van der Waals surface area contributed by atoms with Crippen molar-refractivity contribution in [3.05, 3.63) is 0 Å². The predicted octanol–water partition coefficient (Wildman–Crippen LogP) is 6.03. The fourth-order valence-electron chi connectivity index (χ4n) is 15.7. The van der Waals surface area contributed by atoms with Gasteiger partial charge >= 0.3 is 0 Å². The van der Waals surface area contributed by atoms with E-state index < -0.39 is 156 Å². The summed E-state index contributed by atoms with van der Waals surface area (Å²) in [5, 5.41) is 22.7. The minimum atomic E-state index is -1.63. The van der Waals surface area contributed by atoms with Crippen molar-refractivity contribution in [2.75, 3.05) is 75.6 Å². The fraction of sp³-hybridized carbons (Fsp3) is 0.844. The van der Waals surface area contributed by atoms with Crippen molar-refractivity contribution < 1.29 is 67.4 Å². The van der Waals surface area contributed by atoms with Gasteiger partial charge in [-0.3, -0.25) is 57.5 Å². The maximum atomic E-state index is 16.0. The second-order valence-electron chi connectivity index (χ2n) is 33.3. The molecule has 2 saturated heterocycles. The first-order chi connectivity index (χ1) is 48.3. The van der Waals surface area contributed by atoms with Crippen LogP contribution in [-0.2, 0) is 62.3 Å². The first kappa shape index (κ1) is 87.2. The SMILES string of the molecule is CC(C)C[C@@H]1NC(=O)[C@H](CC2CCCCC2)N(C)C(=O)[C@H](C)NC(=O)C[C@@H](C(=O)N2CCCCC2)N(C)C(=O)[C@H](CC2CCCCC2)N(C)C(=O)[C@H](CC2CCCCC2)N(C)C(=O)[C@H](COC(C)(C)C)NC(=O)[C@H](CC(C)C)N(C)C(=O)CN(C)C(=O)[C@H]([C@@H](C)O)NC(=O)[C@H](CC(C)C)N(C)C1=O. The van der Waals surface area contributed by atoms with Crippen LogP contribution >= 0.6 is 0 Å². The zero-order chi connectivity index (χ0) is 76.9. The molecule has 5 rings (SSSR count). The van der Waals surface area contributed by atoms with Gasteiger partial charge in [0.05, 0.1) is 31.3 Å². The van der Waals surface area contributed by atoms with Crippen molar-refractivity contribution >= 4 is 70.9 Å². The van der Waals surface area contributed by atoms with E-state index in [4.69, 9.17) is 4.74 Å². The number of hydrogen-bond acceptors (Lipinski definition) is 14. The number of carbonyl (C=O) groups is 12. The number of hydrogen-bond donors (Lipinski definition) is 5. The van der Waals surface area contributed by atoms with Gasteiger partial charge in [-0.1, -0.05) is 138 Å². The number of rotatable bonds is 16. The van der Waals surface area contributed by atoms with Crippen LogP contribution in [0.1, 0.15) is 237 Å². The van der Waals surface area contributed by atoms with E-state index in [9.17, 15) is 29.1 Å². The lowest BCUT2D eigenvalue weighted by Gasteiger charge is -2.41. The first-order valence-corrected chi connectivity index (χ1v) is 39.0. The lowest BCUT2D eigenvalue weighted by molar-refractivity contribution is -0.156. The summed E-state index contributed by atoms with van der Waals surface area (Å²) in [5.41, 5.74) is -0.828. The number of nitrogens with one attached hydrogen (secondary N) is 4. The van der Waals surface area contributed by atoms with Crippen molar-refractivity contribution in [3.63, 3.8) is 0 Å². The number of ether oxygens (including phenoxy) is 1. The van der Waals surface area contributed by atoms with Crippen molar-refractivity contribution in [1.29, 1.82) is 0 Å². The second kappa shape index (κ2) is 40.9. The van der Waals surface area contributed by atoms with E-state index in [0.29, 0.717) is 25.9 Å². The molecular formula is C77H134N12O14. The monoisotopic (exact) mass is 1450 g/mol. The van der Waals surface area contributed by atoms with E-state index in [0.717, 1.165) is 108 Å². The van der Waals surface area contributed by atoms with Crippen LogP contribution in [0.5, 0.6) is 0 Å². The van der Waals surface area contributed by atoms with Gasteiger partial charge in [0.1, 0.15) is 60.4 Å². The third kappa shape index (κ3) is 25.9. The molecule has 11 atom stereocenters. The molecule has 0 spiro atoms. The summed E-state index contributed by atoms with van der Waals surface area (Å²) in [5.74, 6) is -8.43. The molecule has 3 saturated carbocycles. The van der Waals surface area contributed by atoms with Crippen molar-refractivity contribution in [2.24, 2.45) is 35.5 Å². The largest absolute Gasteiger partial charge is 0.391 e. The zero-order valence-electron chi connectivity index (χ0n) is 66.2. The van der Waals surface area contributed by atoms with Crippen LogP contribution in [0.25, 0.3) is 0 Å². The van der Waals surface area contributed by atoms with Crippen molar-refractivity contribution in [2.45, 2.75) is 309 Å². The first-order valence-electron chi connectivity index (χ1n) is 39.0. The summed E-state index contributed by atoms with van der Waals surface area (Å²) in [6.07, 6.45) is 14.5. The van der Waals surface area contributed by atoms with Gasteiger partial charge in [0, 0.05) is 62.4 Å². The topological polar surface area (TPSA) is 308 Å². The maximum absolute atomic E-state index is 16.0. The molecule has 0 radical (unpaired) electrons. The van der Waals surface area contributed by atoms with Gasteiger partial charge in [0.2, 0.25) is 70.9 Å². The summed E-state index contributed by atoms with van der Waals surface area (Å²) >= 11 is 0. The van der Waals surface area contributed by atoms with E-state index in [-0.39, 0.29) is 80.6 Å². The maximum Gasteiger partial charge on any atom is 0.248 e. The number of amides is 12. The molecule has 5 fully saturated rings. The molecule has 3 aliphatic carbocycles. The number of carbonyl (C=O) groups excluding carboxylic acids is 12. The molecule has 26 heteroatoms. The molecule has 0 unspecified atom stereocenters. The van der Waals surface area contributed by atoms with E-state index >= 15 is 33.6 Å². The van der Waals surface area contributed by atoms with Crippen LogP contribution in [0, 0.1) is 35.5 Å². The van der Waals surface area contributed by atoms with E-state index in [1.165, 1.54) is 85.5 Å². The van der Waals surface area contributed by atoms with Crippen LogP contribution < -0.4 is 21.3 Å². The Morgan fingerprint density at radius 2 is 0.845 bits per heavy atom. The number of nitrogens with zero attached hydrogens (tertiary/aromatic N) is 8. The normalized spacial score (nSPS) is 28.1. The Labute approximate surface area is 616 Å². The highest BCUT2D eigenvalue weighted by Crippen LogP contribution is 2.34. The third-order valence-corrected chi connectivity index (χ3v) is 22.1. The predicted molar refractivity (Wildman–Crippen MR) is 395 cm³/mol. The van der Waals surface area contributed by atoms with Gasteiger partial charge in [0.25, 0.3) is 0 Å². The number of aliphatic hydroxyl groups excluding tert-OH is 1. The highest BCUT2D eigenvalue weighted by molar-refractivity contribution is 6.00. The van der Waals surface area contributed by atoms with Gasteiger partial charge in [-0.25, -0.2) is 0 Å². The highest BCUT2D eigenvalue weighted by Gasteiger charge is 2.46. The van der Waals surface area contributed by atoms with Gasteiger partial charge in [0.15, 0.2) is 0 Å². The Kier molecular flexibility index (Phi) is 34.6. The summed E-state index contributed by atoms with van der Waals surface area (Å²) in [4.78, 5) is 192. The lowest BCUT2D eigenvalue weighted by atomic mass is 9.83. The molecule has 0 bridgehead atoms. The molecule has 0 aromatic rings. The molecule has 2 heterocycles. The second-order valence-corrected chi connectivity index (χ2v) is 33.3. The van der Waals surface area contributed by atoms with Gasteiger partial charge in [-0.05, 0) is 128 Å². The average molecular weight is 1450 g/mol. The molecule has 2 aliphatic heterocycles. The molecule has 26 nitrogen and oxygen atoms in total. The summed E-state index contributed by atoms with van der Waals surface area (Å²) in [6, 6.07) is -12.9. The minimum absolute atomic E-state index is 0.00778. The quantitative estimate of drug-likeness (QED) is 0.118. The number of aliphatic hydroxyl groups is 1. The summed E-state index contributed by atoms with van der Waals surface area (Å²) < 4.78 is 6.28. The fourth-order valence-corrected chi connectivity index (χ4v) is 15.7. The molecule has 103 heavy (non-hydrogen) atoms. The molecule has 5 N–H and O–H groups in total. The molecule has 586 valence electrons. The Morgan fingerprint density at radius 3 is 1.31 bits per heavy atom. The van der Waals surface area contributed by atoms with Crippen LogP contribution in [0.4, 0.5) is 0 Å². The number of piperidine rings is 1. The van der Waals surface area contributed by atoms with Gasteiger partial charge in [-0.2, -0.15) is 0 Å². The Bertz CT molecular complexity index is 2840. The van der Waals surface area contributed by atoms with E-state index in [1.54, 1.807) is 32.7 Å². The van der Waals surface area contributed by atoms with Crippen molar-refractivity contribution in [3.8, 4) is 0 Å². The smallest absolute Gasteiger partial charge is 0.248 e. The number of likely N-dealkylation sites (N-methyl/N-ethyl adjacent to an activating group) is 7. The Hall–Kier alpha value is -6.44. The van der Waals surface area contributed by atoms with Gasteiger partial charge in [-0.15, -0.1) is 0 Å². The zero-order valence-corrected chi connectivity index (χ0v) is 66.2. The van der Waals surface area contributed by atoms with E-state index in [2.05, 4.69) is 21.3 Å². The third-order valence-electron chi connectivity index (χ3n) is 22.1. The lowest BCUT2D eigenvalue weighted by Crippen LogP contribution is -2.62. The highest BCUT2D eigenvalue weighted by atomic mass is 16.5. The van der Waals surface area contributed by atoms with Crippen LogP contribution in [-0.4, -0.2) is 263 Å². The standard InChI is InChI=1S/C77H134N12O14/c1-48(2)39-56-71(97)85(15)59(41-50(5)6)69(95)81-66(52(8)90)76(102)82(12)46-65(92)83(13)58(40-49(3)4)67(93)80-57(47-103-77(9,10)11)72(98)86(16)61(43-54-33-25-20-26-34-54)73(99)87(17)62(44-55-35-27-21-28-36-55)74(100)88(18)63(75(101)89-37-29-22-30-38-89)45-64(91)78-51(7)70(96)84(14)60(68(94)79-56)42-53-31-23-19-24-32-53/h48-63,66,90H,19-47H2,1-18H3,(H,78,91)(H,79,94)(H,80,93)(H,81,95)/t51-,52+,56-,57-,58-,59-,60-,61-,62-,63-,66-/m0/s1. The van der Waals surface area contributed by atoms with Crippen LogP contribution in [0.15, 0.2) is 0 Å². The van der Waals surface area contributed by atoms with Crippen molar-refractivity contribution in [1.82, 2.24) is 60.5 Å². The Balaban J connectivity index is 1.70. The molecule has 12 amide bonds. The molecular weight excluding hydrogens is 1320 g/mol. The summed E-state index contributed by atoms with van der Waals surface area (Å²) in [6.45, 7) is 19.2. The van der Waals surface area contributed by atoms with E-state index in [1.807, 2.05) is 41.5 Å². The summed E-state index contributed by atoms with van der Waals surface area (Å²) in [7, 11) is 10.2. The van der Waals surface area contributed by atoms with Crippen LogP contribution in [0.2, 0.25) is 0 Å². The molecule has 0 aromatic heterocycles. The number of likely N-dealkylation sites (tertiary alicyclic amines) is 1. The minimum Gasteiger partial charge on any atom is -0.391 e. The molecule has 0 aromatic carbocycles. The average Bonchev–Trinajstić information content (AvgIpc) is 0.813. The van der Waals surface area contributed by atoms with Crippen LogP contribution in [0.3, 0.4) is 0 Å². The Morgan fingerprint density at radius 1 is 0.456 bits per heavy atom. The van der Waals surface area contributed by atoms with Gasteiger partial charge < -0.3 is 70.3 Å². The molecule has 5 aliphatic rings.